The van der Waals surface area contributed by atoms with Gasteiger partial charge in [-0.2, -0.15) is 8.96 Å². The molecule has 0 bridgehead atoms. The molecule has 1 aliphatic rings. The number of fused-ring (bicyclic) bond motifs is 1. The number of benzene rings is 2. The number of pyridine rings is 1. The minimum Gasteiger partial charge on any atom is -0.461 e. The summed E-state index contributed by atoms with van der Waals surface area (Å²) in [4.78, 5) is 60.9. The van der Waals surface area contributed by atoms with Crippen molar-refractivity contribution in [3.05, 3.63) is 105 Å². The van der Waals surface area contributed by atoms with Crippen molar-refractivity contribution < 1.29 is 51.3 Å². The molecule has 2 N–H and O–H groups in total. The van der Waals surface area contributed by atoms with Gasteiger partial charge >= 0.3 is 25.5 Å². The van der Waals surface area contributed by atoms with E-state index in [1.807, 2.05) is 4.98 Å². The normalized spacial score (nSPS) is 19.1. The molecule has 1 fully saturated rings. The van der Waals surface area contributed by atoms with Crippen LogP contribution in [-0.4, -0.2) is 51.8 Å². The van der Waals surface area contributed by atoms with Crippen LogP contribution in [0.1, 0.15) is 29.9 Å². The van der Waals surface area contributed by atoms with Crippen LogP contribution in [0.25, 0.3) is 10.9 Å². The van der Waals surface area contributed by atoms with Gasteiger partial charge in [0.05, 0.1) is 30.4 Å². The molecular weight excluding hydrogens is 616 g/mol. The largest absolute Gasteiger partial charge is 0.527 e. The van der Waals surface area contributed by atoms with Crippen molar-refractivity contribution in [3.63, 3.8) is 0 Å². The van der Waals surface area contributed by atoms with E-state index in [2.05, 4.69) is 0 Å². The second-order valence-electron chi connectivity index (χ2n) is 9.84. The molecule has 16 heteroatoms. The van der Waals surface area contributed by atoms with E-state index in [-0.39, 0.29) is 30.9 Å². The van der Waals surface area contributed by atoms with Crippen molar-refractivity contribution in [2.45, 2.75) is 38.3 Å². The highest BCUT2D eigenvalue weighted by Crippen LogP contribution is 2.45. The quantitative estimate of drug-likeness (QED) is 0.139. The van der Waals surface area contributed by atoms with Crippen molar-refractivity contribution >= 4 is 30.7 Å². The first-order chi connectivity index (χ1) is 21.5. The fraction of sp³-hybridized carbons (Fsp3) is 0.276. The predicted molar refractivity (Wildman–Crippen MR) is 153 cm³/mol. The highest BCUT2D eigenvalue weighted by atomic mass is 31.2. The lowest BCUT2D eigenvalue weighted by molar-refractivity contribution is -0.660. The second-order valence-corrected chi connectivity index (χ2v) is 11.2. The highest BCUT2D eigenvalue weighted by molar-refractivity contribution is 7.47. The van der Waals surface area contributed by atoms with Gasteiger partial charge in [0.2, 0.25) is 17.9 Å². The SMILES string of the molecule is CCOC(=O)C[n+]1cccc2cc(OP(=O)(O)OC[C@H]3O[C@@H](n4cc(F)c(=O)[nH]c4=O)C[C@@H]3OC(=O)c3ccccc3)ccc21. The van der Waals surface area contributed by atoms with Crippen LogP contribution in [0.5, 0.6) is 5.75 Å². The molecule has 4 atom stereocenters. The number of nitrogens with zero attached hydrogens (tertiary/aromatic N) is 2. The van der Waals surface area contributed by atoms with Gasteiger partial charge in [0.15, 0.2) is 6.20 Å². The number of H-pyrrole nitrogens is 1. The number of esters is 2. The Morgan fingerprint density at radius 3 is 2.69 bits per heavy atom. The van der Waals surface area contributed by atoms with Gasteiger partial charge in [0.25, 0.3) is 5.56 Å². The van der Waals surface area contributed by atoms with E-state index in [4.69, 9.17) is 23.3 Å². The lowest BCUT2D eigenvalue weighted by atomic mass is 10.1. The number of aromatic amines is 1. The monoisotopic (exact) mass is 644 g/mol. The summed E-state index contributed by atoms with van der Waals surface area (Å²) in [7, 11) is -4.80. The van der Waals surface area contributed by atoms with E-state index in [0.717, 1.165) is 4.57 Å². The number of rotatable bonds is 11. The van der Waals surface area contributed by atoms with Gasteiger partial charge in [-0.15, -0.1) is 0 Å². The van der Waals surface area contributed by atoms with Gasteiger partial charge in [-0.25, -0.2) is 18.9 Å². The Bertz CT molecular complexity index is 1880. The number of phosphoric acid groups is 1. The molecule has 2 aromatic carbocycles. The molecule has 0 spiro atoms. The highest BCUT2D eigenvalue weighted by Gasteiger charge is 2.41. The number of carbonyl (C=O) groups is 2. The first-order valence-electron chi connectivity index (χ1n) is 13.7. The average molecular weight is 645 g/mol. The maximum atomic E-state index is 14.0. The molecule has 2 aromatic heterocycles. The maximum Gasteiger partial charge on any atom is 0.527 e. The first kappa shape index (κ1) is 31.7. The molecule has 0 saturated carbocycles. The Morgan fingerprint density at radius 2 is 1.93 bits per heavy atom. The zero-order valence-electron chi connectivity index (χ0n) is 23.7. The summed E-state index contributed by atoms with van der Waals surface area (Å²) >= 11 is 0. The molecule has 5 rings (SSSR count). The summed E-state index contributed by atoms with van der Waals surface area (Å²) in [6.45, 7) is 1.27. The molecule has 4 aromatic rings. The Balaban J connectivity index is 1.31. The van der Waals surface area contributed by atoms with Gasteiger partial charge in [0.1, 0.15) is 24.2 Å². The fourth-order valence-corrected chi connectivity index (χ4v) is 5.49. The van der Waals surface area contributed by atoms with E-state index >= 15 is 0 Å². The average Bonchev–Trinajstić information content (AvgIpc) is 3.40. The van der Waals surface area contributed by atoms with Crippen molar-refractivity contribution in [3.8, 4) is 5.75 Å². The first-order valence-corrected chi connectivity index (χ1v) is 15.2. The third-order valence-electron chi connectivity index (χ3n) is 6.76. The van der Waals surface area contributed by atoms with E-state index in [9.17, 15) is 33.0 Å². The summed E-state index contributed by atoms with van der Waals surface area (Å²) < 4.78 is 56.1. The number of carbonyl (C=O) groups excluding carboxylic acids is 2. The van der Waals surface area contributed by atoms with Crippen molar-refractivity contribution in [1.29, 1.82) is 0 Å². The number of phosphoric ester groups is 1. The van der Waals surface area contributed by atoms with Crippen molar-refractivity contribution in [2.75, 3.05) is 13.2 Å². The molecule has 0 amide bonds. The molecular formula is C29H28FN3O11P+. The topological polar surface area (TPSA) is 176 Å². The Morgan fingerprint density at radius 1 is 1.16 bits per heavy atom. The molecule has 0 radical (unpaired) electrons. The summed E-state index contributed by atoms with van der Waals surface area (Å²) in [5.41, 5.74) is -1.35. The summed E-state index contributed by atoms with van der Waals surface area (Å²) in [5.74, 6) is -2.43. The lowest BCUT2D eigenvalue weighted by Crippen LogP contribution is -2.39. The minimum atomic E-state index is -4.80. The molecule has 3 heterocycles. The number of nitrogens with one attached hydrogen (secondary N) is 1. The number of hydrogen-bond donors (Lipinski definition) is 2. The molecule has 45 heavy (non-hydrogen) atoms. The lowest BCUT2D eigenvalue weighted by Gasteiger charge is -2.20. The standard InChI is InChI=1S/C29H27FN3O11P/c1-2-40-26(34)16-32-12-6-9-19-13-20(10-11-22(19)32)44-45(38,39)41-17-24-23(43-28(36)18-7-4-3-5-8-18)14-25(42-24)33-15-21(30)27(35)31-29(33)37/h3-13,15,23-25H,2,14,16-17H2,1H3,(H-,31,35,37,38,39)/p+1/t23-,24+,25+/m0/s1. The number of ether oxygens (including phenoxy) is 3. The van der Waals surface area contributed by atoms with Crippen LogP contribution in [0.4, 0.5) is 4.39 Å². The maximum absolute atomic E-state index is 14.0. The van der Waals surface area contributed by atoms with Gasteiger partial charge in [0, 0.05) is 18.6 Å². The molecule has 1 saturated heterocycles. The number of aromatic nitrogens is 3. The van der Waals surface area contributed by atoms with Gasteiger partial charge in [-0.05, 0) is 37.3 Å². The van der Waals surface area contributed by atoms with Crippen LogP contribution in [0.2, 0.25) is 0 Å². The molecule has 0 aliphatic carbocycles. The number of halogens is 1. The summed E-state index contributed by atoms with van der Waals surface area (Å²) in [6.07, 6.45) is -1.36. The van der Waals surface area contributed by atoms with Gasteiger partial charge in [-0.3, -0.25) is 23.8 Å². The minimum absolute atomic E-state index is 0.0187. The molecule has 236 valence electrons. The summed E-state index contributed by atoms with van der Waals surface area (Å²) in [5, 5.41) is 0.590. The third kappa shape index (κ3) is 7.70. The zero-order valence-corrected chi connectivity index (χ0v) is 24.6. The Labute approximate surface area is 254 Å². The van der Waals surface area contributed by atoms with Crippen LogP contribution in [0.3, 0.4) is 0 Å². The van der Waals surface area contributed by atoms with Gasteiger partial charge < -0.3 is 18.7 Å². The predicted octanol–water partition coefficient (Wildman–Crippen LogP) is 2.39. The molecule has 1 unspecified atom stereocenters. The van der Waals surface area contributed by atoms with Crippen molar-refractivity contribution in [1.82, 2.24) is 9.55 Å². The van der Waals surface area contributed by atoms with E-state index in [1.54, 1.807) is 54.1 Å². The van der Waals surface area contributed by atoms with Crippen LogP contribution < -0.4 is 20.3 Å². The molecule has 1 aliphatic heterocycles. The zero-order chi connectivity index (χ0) is 32.1. The van der Waals surface area contributed by atoms with E-state index < -0.39 is 61.9 Å². The Hall–Kier alpha value is -4.69. The second kappa shape index (κ2) is 13.5. The Kier molecular flexibility index (Phi) is 9.54. The third-order valence-corrected chi connectivity index (χ3v) is 7.68. The van der Waals surface area contributed by atoms with E-state index in [1.165, 1.54) is 24.3 Å². The van der Waals surface area contributed by atoms with Crippen LogP contribution in [0, 0.1) is 5.82 Å². The van der Waals surface area contributed by atoms with Crippen molar-refractivity contribution in [2.24, 2.45) is 0 Å². The fourth-order valence-electron chi connectivity index (χ4n) is 4.73. The smallest absolute Gasteiger partial charge is 0.461 e. The van der Waals surface area contributed by atoms with E-state index in [0.29, 0.717) is 17.1 Å². The van der Waals surface area contributed by atoms with Crippen LogP contribution in [-0.2, 0) is 34.6 Å². The van der Waals surface area contributed by atoms with Crippen LogP contribution in [0.15, 0.2) is 82.6 Å². The van der Waals surface area contributed by atoms with Gasteiger partial charge in [-0.1, -0.05) is 18.2 Å². The summed E-state index contributed by atoms with van der Waals surface area (Å²) in [6, 6.07) is 15.9. The number of hydrogen-bond acceptors (Lipinski definition) is 10. The van der Waals surface area contributed by atoms with Crippen LogP contribution >= 0.6 is 7.82 Å². The molecule has 14 nitrogen and oxygen atoms in total.